The third-order valence-corrected chi connectivity index (χ3v) is 5.72. The van der Waals surface area contributed by atoms with Crippen LogP contribution in [0, 0.1) is 6.92 Å². The van der Waals surface area contributed by atoms with E-state index in [-0.39, 0.29) is 5.91 Å². The van der Waals surface area contributed by atoms with Crippen molar-refractivity contribution < 1.29 is 4.79 Å². The van der Waals surface area contributed by atoms with E-state index in [1.165, 1.54) is 16.3 Å². The first-order valence-corrected chi connectivity index (χ1v) is 9.99. The molecule has 1 amide bonds. The molecule has 0 saturated carbocycles. The third kappa shape index (κ3) is 3.25. The molecule has 0 radical (unpaired) electrons. The van der Waals surface area contributed by atoms with E-state index in [9.17, 15) is 4.79 Å². The smallest absolute Gasteiger partial charge is 0.259 e. The standard InChI is InChI=1S/C23H23N5O/c1-17-21(22-24-10-5-11-28(22)25-17)23(29)27-14-12-26(13-15-27)16-19-8-4-7-18-6-2-3-9-20(18)19/h2-11H,12-16H2,1H3. The fourth-order valence-corrected chi connectivity index (χ4v) is 4.19. The zero-order chi connectivity index (χ0) is 19.8. The van der Waals surface area contributed by atoms with E-state index in [4.69, 9.17) is 0 Å². The molecule has 0 spiro atoms. The Morgan fingerprint density at radius 3 is 2.66 bits per heavy atom. The van der Waals surface area contributed by atoms with Crippen LogP contribution in [-0.2, 0) is 6.54 Å². The predicted molar refractivity (Wildman–Crippen MR) is 113 cm³/mol. The second kappa shape index (κ2) is 7.29. The molecule has 2 aromatic heterocycles. The van der Waals surface area contributed by atoms with E-state index in [0.717, 1.165) is 25.3 Å². The number of hydrogen-bond donors (Lipinski definition) is 0. The van der Waals surface area contributed by atoms with Gasteiger partial charge in [-0.1, -0.05) is 42.5 Å². The Morgan fingerprint density at radius 2 is 1.79 bits per heavy atom. The number of carbonyl (C=O) groups is 1. The number of rotatable bonds is 3. The fourth-order valence-electron chi connectivity index (χ4n) is 4.19. The van der Waals surface area contributed by atoms with Gasteiger partial charge in [0.1, 0.15) is 5.56 Å². The van der Waals surface area contributed by atoms with Crippen molar-refractivity contribution in [2.45, 2.75) is 13.5 Å². The Balaban J connectivity index is 1.30. The lowest BCUT2D eigenvalue weighted by molar-refractivity contribution is 0.0630. The molecule has 0 N–H and O–H groups in total. The molecule has 1 saturated heterocycles. The molecule has 5 rings (SSSR count). The largest absolute Gasteiger partial charge is 0.336 e. The number of hydrogen-bond acceptors (Lipinski definition) is 4. The summed E-state index contributed by atoms with van der Waals surface area (Å²) in [5.41, 5.74) is 3.32. The number of fused-ring (bicyclic) bond motifs is 2. The van der Waals surface area contributed by atoms with Gasteiger partial charge in [-0.25, -0.2) is 9.50 Å². The van der Waals surface area contributed by atoms with Crippen LogP contribution in [0.3, 0.4) is 0 Å². The van der Waals surface area contributed by atoms with E-state index in [0.29, 0.717) is 24.3 Å². The fraction of sp³-hybridized carbons (Fsp3) is 0.261. The molecule has 0 bridgehead atoms. The Morgan fingerprint density at radius 1 is 1.00 bits per heavy atom. The first-order valence-electron chi connectivity index (χ1n) is 9.99. The van der Waals surface area contributed by atoms with E-state index >= 15 is 0 Å². The molecule has 146 valence electrons. The molecule has 3 heterocycles. The lowest BCUT2D eigenvalue weighted by Crippen LogP contribution is -2.48. The van der Waals surface area contributed by atoms with Gasteiger partial charge in [0.15, 0.2) is 5.65 Å². The molecule has 0 aliphatic carbocycles. The zero-order valence-electron chi connectivity index (χ0n) is 16.5. The topological polar surface area (TPSA) is 53.7 Å². The summed E-state index contributed by atoms with van der Waals surface area (Å²) in [6.07, 6.45) is 3.53. The summed E-state index contributed by atoms with van der Waals surface area (Å²) in [6, 6.07) is 16.8. The van der Waals surface area contributed by atoms with Gasteiger partial charge in [0.2, 0.25) is 0 Å². The second-order valence-electron chi connectivity index (χ2n) is 7.55. The number of amides is 1. The Bertz CT molecular complexity index is 1190. The second-order valence-corrected chi connectivity index (χ2v) is 7.55. The lowest BCUT2D eigenvalue weighted by Gasteiger charge is -2.34. The van der Waals surface area contributed by atoms with Gasteiger partial charge in [0.05, 0.1) is 5.69 Å². The minimum Gasteiger partial charge on any atom is -0.336 e. The van der Waals surface area contributed by atoms with Crippen LogP contribution in [0.15, 0.2) is 60.9 Å². The lowest BCUT2D eigenvalue weighted by atomic mass is 10.0. The van der Waals surface area contributed by atoms with Crippen LogP contribution >= 0.6 is 0 Å². The van der Waals surface area contributed by atoms with Crippen LogP contribution in [0.4, 0.5) is 0 Å². The summed E-state index contributed by atoms with van der Waals surface area (Å²) < 4.78 is 1.68. The van der Waals surface area contributed by atoms with E-state index in [1.807, 2.05) is 24.1 Å². The molecular weight excluding hydrogens is 362 g/mol. The van der Waals surface area contributed by atoms with Crippen LogP contribution in [0.2, 0.25) is 0 Å². The summed E-state index contributed by atoms with van der Waals surface area (Å²) in [5, 5.41) is 7.01. The zero-order valence-corrected chi connectivity index (χ0v) is 16.5. The minimum absolute atomic E-state index is 0.0287. The minimum atomic E-state index is 0.0287. The molecule has 1 aliphatic rings. The van der Waals surface area contributed by atoms with Gasteiger partial charge in [-0.05, 0) is 29.3 Å². The Hall–Kier alpha value is -3.25. The van der Waals surface area contributed by atoms with Crippen LogP contribution < -0.4 is 0 Å². The Labute approximate surface area is 169 Å². The van der Waals surface area contributed by atoms with Crippen molar-refractivity contribution in [1.82, 2.24) is 24.4 Å². The molecule has 6 nitrogen and oxygen atoms in total. The highest BCUT2D eigenvalue weighted by Crippen LogP contribution is 2.21. The predicted octanol–water partition coefficient (Wildman–Crippen LogP) is 3.15. The van der Waals surface area contributed by atoms with Gasteiger partial charge in [-0.2, -0.15) is 5.10 Å². The summed E-state index contributed by atoms with van der Waals surface area (Å²) in [7, 11) is 0. The first-order chi connectivity index (χ1) is 14.2. The van der Waals surface area contributed by atoms with Crippen molar-refractivity contribution in [3.63, 3.8) is 0 Å². The highest BCUT2D eigenvalue weighted by Gasteiger charge is 2.27. The molecule has 6 heteroatoms. The maximum Gasteiger partial charge on any atom is 0.259 e. The van der Waals surface area contributed by atoms with Gasteiger partial charge < -0.3 is 4.90 Å². The average Bonchev–Trinajstić information content (AvgIpc) is 3.10. The van der Waals surface area contributed by atoms with Crippen molar-refractivity contribution in [1.29, 1.82) is 0 Å². The molecule has 0 unspecified atom stereocenters. The Kier molecular flexibility index (Phi) is 4.48. The molecule has 1 aliphatic heterocycles. The van der Waals surface area contributed by atoms with Crippen LogP contribution in [0.25, 0.3) is 16.4 Å². The molecular formula is C23H23N5O. The van der Waals surface area contributed by atoms with E-state index in [2.05, 4.69) is 57.4 Å². The molecule has 29 heavy (non-hydrogen) atoms. The molecule has 4 aromatic rings. The summed E-state index contributed by atoms with van der Waals surface area (Å²) in [6.45, 7) is 5.93. The van der Waals surface area contributed by atoms with E-state index < -0.39 is 0 Å². The average molecular weight is 385 g/mol. The number of aromatic nitrogens is 3. The highest BCUT2D eigenvalue weighted by atomic mass is 16.2. The van der Waals surface area contributed by atoms with Gasteiger partial charge in [-0.3, -0.25) is 9.69 Å². The number of piperazine rings is 1. The highest BCUT2D eigenvalue weighted by molar-refractivity contribution is 6.01. The normalized spacial score (nSPS) is 15.3. The van der Waals surface area contributed by atoms with Gasteiger partial charge >= 0.3 is 0 Å². The van der Waals surface area contributed by atoms with Gasteiger partial charge in [0, 0.05) is 45.1 Å². The van der Waals surface area contributed by atoms with Crippen molar-refractivity contribution in [3.05, 3.63) is 77.7 Å². The molecule has 0 atom stereocenters. The number of benzene rings is 2. The van der Waals surface area contributed by atoms with E-state index in [1.54, 1.807) is 10.7 Å². The van der Waals surface area contributed by atoms with Crippen molar-refractivity contribution in [2.75, 3.05) is 26.2 Å². The summed E-state index contributed by atoms with van der Waals surface area (Å²) in [5.74, 6) is 0.0287. The monoisotopic (exact) mass is 385 g/mol. The van der Waals surface area contributed by atoms with Gasteiger partial charge in [-0.15, -0.1) is 0 Å². The van der Waals surface area contributed by atoms with Crippen LogP contribution in [-0.4, -0.2) is 56.5 Å². The molecule has 1 fully saturated rings. The SMILES string of the molecule is Cc1nn2cccnc2c1C(=O)N1CCN(Cc2cccc3ccccc23)CC1. The maximum atomic E-state index is 13.1. The summed E-state index contributed by atoms with van der Waals surface area (Å²) >= 11 is 0. The van der Waals surface area contributed by atoms with Crippen molar-refractivity contribution in [3.8, 4) is 0 Å². The number of aryl methyl sites for hydroxylation is 1. The quantitative estimate of drug-likeness (QED) is 0.544. The van der Waals surface area contributed by atoms with Crippen LogP contribution in [0.5, 0.6) is 0 Å². The van der Waals surface area contributed by atoms with Crippen molar-refractivity contribution in [2.24, 2.45) is 0 Å². The molecule has 2 aromatic carbocycles. The van der Waals surface area contributed by atoms with Gasteiger partial charge in [0.25, 0.3) is 5.91 Å². The number of nitrogens with zero attached hydrogens (tertiary/aromatic N) is 5. The number of carbonyl (C=O) groups excluding carboxylic acids is 1. The van der Waals surface area contributed by atoms with Crippen molar-refractivity contribution >= 4 is 22.3 Å². The first kappa shape index (κ1) is 17.8. The summed E-state index contributed by atoms with van der Waals surface area (Å²) in [4.78, 5) is 21.9. The van der Waals surface area contributed by atoms with Crippen LogP contribution in [0.1, 0.15) is 21.6 Å². The third-order valence-electron chi connectivity index (χ3n) is 5.72. The maximum absolute atomic E-state index is 13.1.